The number of pyridine rings is 1. The summed E-state index contributed by atoms with van der Waals surface area (Å²) in [7, 11) is 0. The van der Waals surface area contributed by atoms with Crippen LogP contribution in [-0.4, -0.2) is 16.9 Å². The Morgan fingerprint density at radius 1 is 1.26 bits per heavy atom. The van der Waals surface area contributed by atoms with E-state index in [1.54, 1.807) is 6.20 Å². The van der Waals surface area contributed by atoms with Gasteiger partial charge in [-0.3, -0.25) is 4.79 Å². The van der Waals surface area contributed by atoms with Crippen LogP contribution >= 0.6 is 0 Å². The molecule has 1 aromatic heterocycles. The Kier molecular flexibility index (Phi) is 4.00. The van der Waals surface area contributed by atoms with Crippen molar-refractivity contribution in [1.82, 2.24) is 10.3 Å². The van der Waals surface area contributed by atoms with Crippen molar-refractivity contribution in [2.24, 2.45) is 0 Å². The molecule has 4 nitrogen and oxygen atoms in total. The molecule has 0 radical (unpaired) electrons. The maximum absolute atomic E-state index is 12.3. The lowest BCUT2D eigenvalue weighted by molar-refractivity contribution is 0.0936. The van der Waals surface area contributed by atoms with Gasteiger partial charge in [0.2, 0.25) is 0 Å². The number of nitrogen functional groups attached to an aromatic ring is 1. The smallest absolute Gasteiger partial charge is 0.253 e. The number of carbonyl (C=O) groups is 1. The van der Waals surface area contributed by atoms with Gasteiger partial charge in [0.05, 0.1) is 5.56 Å². The van der Waals surface area contributed by atoms with Crippen molar-refractivity contribution >= 4 is 22.5 Å². The van der Waals surface area contributed by atoms with Crippen molar-refractivity contribution in [1.29, 1.82) is 0 Å². The Hall–Kier alpha value is -2.10. The van der Waals surface area contributed by atoms with Gasteiger partial charge in [-0.05, 0) is 18.2 Å². The molecule has 1 aromatic carbocycles. The quantitative estimate of drug-likeness (QED) is 0.885. The van der Waals surface area contributed by atoms with Gasteiger partial charge in [0, 0.05) is 17.6 Å². The predicted octanol–water partition coefficient (Wildman–Crippen LogP) is 2.74. The maximum Gasteiger partial charge on any atom is 0.253 e. The topological polar surface area (TPSA) is 68.0 Å². The molecular formula is C15H19N3O. The molecule has 0 atom stereocenters. The highest BCUT2D eigenvalue weighted by Crippen LogP contribution is 2.22. The zero-order chi connectivity index (χ0) is 13.8. The minimum Gasteiger partial charge on any atom is -0.383 e. The number of aromatic nitrogens is 1. The van der Waals surface area contributed by atoms with E-state index in [9.17, 15) is 4.79 Å². The third-order valence-electron chi connectivity index (χ3n) is 3.39. The van der Waals surface area contributed by atoms with E-state index in [4.69, 9.17) is 5.73 Å². The van der Waals surface area contributed by atoms with Crippen LogP contribution in [-0.2, 0) is 0 Å². The fraction of sp³-hybridized carbons (Fsp3) is 0.333. The number of amides is 1. The number of hydrogen-bond acceptors (Lipinski definition) is 3. The number of nitrogens with one attached hydrogen (secondary N) is 1. The predicted molar refractivity (Wildman–Crippen MR) is 78.0 cm³/mol. The summed E-state index contributed by atoms with van der Waals surface area (Å²) in [6.45, 7) is 4.13. The molecule has 0 fully saturated rings. The molecule has 0 aliphatic carbocycles. The van der Waals surface area contributed by atoms with Crippen molar-refractivity contribution in [3.63, 3.8) is 0 Å². The molecule has 0 saturated heterocycles. The van der Waals surface area contributed by atoms with E-state index in [0.717, 1.165) is 23.6 Å². The first-order chi connectivity index (χ1) is 9.17. The SMILES string of the molecule is CCC(CC)NC(=O)c1cnc(N)c2ccccc12. The van der Waals surface area contributed by atoms with Crippen LogP contribution < -0.4 is 11.1 Å². The standard InChI is InChI=1S/C15H19N3O/c1-3-10(4-2)18-15(19)13-9-17-14(16)12-8-6-5-7-11(12)13/h5-10H,3-4H2,1-2H3,(H2,16,17)(H,18,19). The Balaban J connectivity index is 2.40. The Labute approximate surface area is 113 Å². The first-order valence-electron chi connectivity index (χ1n) is 6.61. The van der Waals surface area contributed by atoms with Gasteiger partial charge >= 0.3 is 0 Å². The summed E-state index contributed by atoms with van der Waals surface area (Å²) in [5.41, 5.74) is 6.42. The van der Waals surface area contributed by atoms with Gasteiger partial charge in [-0.25, -0.2) is 4.98 Å². The van der Waals surface area contributed by atoms with E-state index in [2.05, 4.69) is 24.1 Å². The van der Waals surface area contributed by atoms with Crippen molar-refractivity contribution < 1.29 is 4.79 Å². The van der Waals surface area contributed by atoms with Crippen molar-refractivity contribution in [2.45, 2.75) is 32.7 Å². The number of carbonyl (C=O) groups excluding carboxylic acids is 1. The Morgan fingerprint density at radius 2 is 1.89 bits per heavy atom. The number of nitrogens with two attached hydrogens (primary N) is 1. The summed E-state index contributed by atoms with van der Waals surface area (Å²) in [5, 5.41) is 4.69. The number of fused-ring (bicyclic) bond motifs is 1. The zero-order valence-electron chi connectivity index (χ0n) is 11.3. The van der Waals surface area contributed by atoms with Gasteiger partial charge in [-0.2, -0.15) is 0 Å². The number of hydrogen-bond donors (Lipinski definition) is 2. The number of anilines is 1. The lowest BCUT2D eigenvalue weighted by atomic mass is 10.1. The minimum atomic E-state index is -0.0857. The largest absolute Gasteiger partial charge is 0.383 e. The van der Waals surface area contributed by atoms with Crippen molar-refractivity contribution in [3.05, 3.63) is 36.0 Å². The summed E-state index contributed by atoms with van der Waals surface area (Å²) in [6.07, 6.45) is 3.39. The lowest BCUT2D eigenvalue weighted by Gasteiger charge is -2.15. The Morgan fingerprint density at radius 3 is 2.53 bits per heavy atom. The van der Waals surface area contributed by atoms with Crippen molar-refractivity contribution in [2.75, 3.05) is 5.73 Å². The average molecular weight is 257 g/mol. The molecule has 0 unspecified atom stereocenters. The second kappa shape index (κ2) is 5.69. The number of nitrogens with zero attached hydrogens (tertiary/aromatic N) is 1. The van der Waals surface area contributed by atoms with Crippen LogP contribution in [0.4, 0.5) is 5.82 Å². The summed E-state index contributed by atoms with van der Waals surface area (Å²) in [4.78, 5) is 16.4. The third-order valence-corrected chi connectivity index (χ3v) is 3.39. The zero-order valence-corrected chi connectivity index (χ0v) is 11.3. The average Bonchev–Trinajstić information content (AvgIpc) is 2.45. The van der Waals surface area contributed by atoms with Crippen LogP contribution in [0.5, 0.6) is 0 Å². The molecule has 0 aliphatic heterocycles. The highest BCUT2D eigenvalue weighted by molar-refractivity contribution is 6.09. The minimum absolute atomic E-state index is 0.0857. The van der Waals surface area contributed by atoms with E-state index in [1.807, 2.05) is 24.3 Å². The van der Waals surface area contributed by atoms with E-state index in [0.29, 0.717) is 11.4 Å². The summed E-state index contributed by atoms with van der Waals surface area (Å²) in [6, 6.07) is 7.77. The molecule has 2 rings (SSSR count). The van der Waals surface area contributed by atoms with Crippen LogP contribution in [0.3, 0.4) is 0 Å². The monoisotopic (exact) mass is 257 g/mol. The molecule has 3 N–H and O–H groups in total. The lowest BCUT2D eigenvalue weighted by Crippen LogP contribution is -2.34. The van der Waals surface area contributed by atoms with Crippen molar-refractivity contribution in [3.8, 4) is 0 Å². The first kappa shape index (κ1) is 13.3. The second-order valence-electron chi connectivity index (χ2n) is 4.59. The number of rotatable bonds is 4. The van der Waals surface area contributed by atoms with E-state index in [-0.39, 0.29) is 11.9 Å². The Bertz CT molecular complexity index is 591. The summed E-state index contributed by atoms with van der Waals surface area (Å²) < 4.78 is 0. The van der Waals surface area contributed by atoms with Gasteiger partial charge in [0.25, 0.3) is 5.91 Å². The van der Waals surface area contributed by atoms with Gasteiger partial charge < -0.3 is 11.1 Å². The molecule has 0 spiro atoms. The van der Waals surface area contributed by atoms with Gasteiger partial charge in [-0.15, -0.1) is 0 Å². The highest BCUT2D eigenvalue weighted by atomic mass is 16.1. The molecule has 0 saturated carbocycles. The second-order valence-corrected chi connectivity index (χ2v) is 4.59. The molecular weight excluding hydrogens is 238 g/mol. The summed E-state index contributed by atoms with van der Waals surface area (Å²) >= 11 is 0. The van der Waals surface area contributed by atoms with Gasteiger partial charge in [0.15, 0.2) is 0 Å². The maximum atomic E-state index is 12.3. The molecule has 1 amide bonds. The number of benzene rings is 1. The first-order valence-corrected chi connectivity index (χ1v) is 6.61. The van der Waals surface area contributed by atoms with Gasteiger partial charge in [-0.1, -0.05) is 38.1 Å². The van der Waals surface area contributed by atoms with Crippen LogP contribution in [0.15, 0.2) is 30.5 Å². The molecule has 4 heteroatoms. The normalized spacial score (nSPS) is 10.9. The van der Waals surface area contributed by atoms with Crippen LogP contribution in [0.1, 0.15) is 37.0 Å². The van der Waals surface area contributed by atoms with E-state index in [1.165, 1.54) is 0 Å². The third kappa shape index (κ3) is 2.67. The molecule has 2 aromatic rings. The summed E-state index contributed by atoms with van der Waals surface area (Å²) in [5.74, 6) is 0.368. The molecule has 100 valence electrons. The molecule has 1 heterocycles. The van der Waals surface area contributed by atoms with E-state index < -0.39 is 0 Å². The highest BCUT2D eigenvalue weighted by Gasteiger charge is 2.14. The van der Waals surface area contributed by atoms with Crippen LogP contribution in [0, 0.1) is 0 Å². The molecule has 0 aliphatic rings. The van der Waals surface area contributed by atoms with Gasteiger partial charge in [0.1, 0.15) is 5.82 Å². The molecule has 0 bridgehead atoms. The fourth-order valence-corrected chi connectivity index (χ4v) is 2.15. The van der Waals surface area contributed by atoms with E-state index >= 15 is 0 Å². The fourth-order valence-electron chi connectivity index (χ4n) is 2.15. The van der Waals surface area contributed by atoms with Crippen LogP contribution in [0.25, 0.3) is 10.8 Å². The van der Waals surface area contributed by atoms with Crippen LogP contribution in [0.2, 0.25) is 0 Å². The molecule has 19 heavy (non-hydrogen) atoms.